The van der Waals surface area contributed by atoms with Crippen molar-refractivity contribution in [2.45, 2.75) is 26.2 Å². The Kier molecular flexibility index (Phi) is 5.27. The Labute approximate surface area is 156 Å². The van der Waals surface area contributed by atoms with Gasteiger partial charge in [-0.2, -0.15) is 0 Å². The van der Waals surface area contributed by atoms with Crippen LogP contribution in [0.25, 0.3) is 0 Å². The Bertz CT molecular complexity index is 875. The van der Waals surface area contributed by atoms with Crippen molar-refractivity contribution in [1.82, 2.24) is 15.2 Å². The number of nitrogens with one attached hydrogen (secondary N) is 2. The van der Waals surface area contributed by atoms with E-state index in [9.17, 15) is 4.79 Å². The van der Waals surface area contributed by atoms with Crippen LogP contribution in [0, 0.1) is 6.92 Å². The van der Waals surface area contributed by atoms with Gasteiger partial charge in [0, 0.05) is 18.2 Å². The molecule has 0 fully saturated rings. The highest BCUT2D eigenvalue weighted by Crippen LogP contribution is 2.26. The first-order chi connectivity index (χ1) is 12.5. The molecule has 0 aliphatic carbocycles. The maximum absolute atomic E-state index is 12.1. The number of hydrogen-bond donors (Lipinski definition) is 2. The second-order valence-corrected chi connectivity index (χ2v) is 7.52. The van der Waals surface area contributed by atoms with Crippen molar-refractivity contribution < 1.29 is 4.79 Å². The van der Waals surface area contributed by atoms with Crippen molar-refractivity contribution in [3.8, 4) is 0 Å². The zero-order chi connectivity index (χ0) is 18.6. The summed E-state index contributed by atoms with van der Waals surface area (Å²) >= 11 is 1.27. The molecule has 3 rings (SSSR count). The highest BCUT2D eigenvalue weighted by Gasteiger charge is 2.22. The van der Waals surface area contributed by atoms with Gasteiger partial charge in [-0.3, -0.25) is 10.1 Å². The summed E-state index contributed by atoms with van der Waals surface area (Å²) in [5, 5.41) is 14.0. The zero-order valence-electron chi connectivity index (χ0n) is 15.0. The third-order valence-corrected chi connectivity index (χ3v) is 4.80. The van der Waals surface area contributed by atoms with Gasteiger partial charge in [0.05, 0.1) is 5.56 Å². The lowest BCUT2D eigenvalue weighted by molar-refractivity contribution is 0.102. The van der Waals surface area contributed by atoms with E-state index in [-0.39, 0.29) is 11.3 Å². The van der Waals surface area contributed by atoms with Crippen molar-refractivity contribution in [3.63, 3.8) is 0 Å². The number of aryl methyl sites for hydroxylation is 1. The van der Waals surface area contributed by atoms with E-state index in [1.165, 1.54) is 22.5 Å². The number of nitrogens with zero attached hydrogens (tertiary/aromatic N) is 3. The largest absolute Gasteiger partial charge is 0.369 e. The van der Waals surface area contributed by atoms with E-state index in [0.29, 0.717) is 10.7 Å². The molecule has 0 radical (unpaired) electrons. The Morgan fingerprint density at radius 2 is 2.00 bits per heavy atom. The minimum absolute atomic E-state index is 0.0408. The first kappa shape index (κ1) is 18.0. The number of carbonyl (C=O) groups excluding carboxylic acids is 1. The van der Waals surface area contributed by atoms with Crippen molar-refractivity contribution in [1.29, 1.82) is 0 Å². The smallest absolute Gasteiger partial charge is 0.259 e. The molecule has 2 aromatic heterocycles. The standard InChI is InChI=1S/C19H21N5OS/c1-13-6-4-5-7-15(13)19(2,3)11-21-16-9-8-14(10-20-16)17(25)23-18-24-22-12-26-18/h4-10,12H,11H2,1-3H3,(H,20,21)(H,23,24,25). The van der Waals surface area contributed by atoms with E-state index >= 15 is 0 Å². The maximum Gasteiger partial charge on any atom is 0.259 e. The predicted octanol–water partition coefficient (Wildman–Crippen LogP) is 3.88. The Morgan fingerprint density at radius 1 is 1.19 bits per heavy atom. The Balaban J connectivity index is 1.62. The number of carbonyl (C=O) groups is 1. The molecule has 7 heteroatoms. The van der Waals surface area contributed by atoms with Crippen LogP contribution < -0.4 is 10.6 Å². The quantitative estimate of drug-likeness (QED) is 0.691. The highest BCUT2D eigenvalue weighted by atomic mass is 32.1. The third-order valence-electron chi connectivity index (χ3n) is 4.19. The predicted molar refractivity (Wildman–Crippen MR) is 105 cm³/mol. The molecular weight excluding hydrogens is 346 g/mol. The summed E-state index contributed by atoms with van der Waals surface area (Å²) in [7, 11) is 0. The monoisotopic (exact) mass is 367 g/mol. The minimum Gasteiger partial charge on any atom is -0.369 e. The fourth-order valence-corrected chi connectivity index (χ4v) is 3.21. The second kappa shape index (κ2) is 7.61. The average Bonchev–Trinajstić information content (AvgIpc) is 3.14. The molecule has 0 unspecified atom stereocenters. The van der Waals surface area contributed by atoms with Crippen LogP contribution in [-0.2, 0) is 5.41 Å². The van der Waals surface area contributed by atoms with Crippen molar-refractivity contribution in [2.75, 3.05) is 17.2 Å². The summed E-state index contributed by atoms with van der Waals surface area (Å²) in [6, 6.07) is 11.9. The molecule has 0 aliphatic heterocycles. The molecule has 26 heavy (non-hydrogen) atoms. The van der Waals surface area contributed by atoms with Crippen LogP contribution in [0.2, 0.25) is 0 Å². The molecule has 3 aromatic rings. The number of benzene rings is 1. The molecule has 0 saturated carbocycles. The highest BCUT2D eigenvalue weighted by molar-refractivity contribution is 7.13. The minimum atomic E-state index is -0.249. The van der Waals surface area contributed by atoms with E-state index in [1.54, 1.807) is 17.8 Å². The van der Waals surface area contributed by atoms with E-state index in [2.05, 4.69) is 70.9 Å². The van der Waals surface area contributed by atoms with Gasteiger partial charge in [-0.05, 0) is 30.2 Å². The third kappa shape index (κ3) is 4.23. The summed E-state index contributed by atoms with van der Waals surface area (Å²) < 4.78 is 0. The topological polar surface area (TPSA) is 79.8 Å². The Morgan fingerprint density at radius 3 is 2.65 bits per heavy atom. The first-order valence-corrected chi connectivity index (χ1v) is 9.17. The normalized spacial score (nSPS) is 11.2. The van der Waals surface area contributed by atoms with Crippen LogP contribution in [0.4, 0.5) is 10.9 Å². The zero-order valence-corrected chi connectivity index (χ0v) is 15.8. The van der Waals surface area contributed by atoms with Crippen LogP contribution in [0.15, 0.2) is 48.1 Å². The molecule has 1 aromatic carbocycles. The molecule has 0 aliphatic rings. The molecule has 1 amide bonds. The lowest BCUT2D eigenvalue weighted by atomic mass is 9.82. The van der Waals surface area contributed by atoms with Crippen LogP contribution in [-0.4, -0.2) is 27.6 Å². The van der Waals surface area contributed by atoms with Gasteiger partial charge >= 0.3 is 0 Å². The van der Waals surface area contributed by atoms with E-state index in [1.807, 2.05) is 6.07 Å². The van der Waals surface area contributed by atoms with Gasteiger partial charge < -0.3 is 5.32 Å². The Hall–Kier alpha value is -2.80. The van der Waals surface area contributed by atoms with Crippen molar-refractivity contribution in [3.05, 3.63) is 64.8 Å². The number of aromatic nitrogens is 3. The van der Waals surface area contributed by atoms with Gasteiger partial charge in [0.15, 0.2) is 0 Å². The van der Waals surface area contributed by atoms with Crippen LogP contribution >= 0.6 is 11.3 Å². The van der Waals surface area contributed by atoms with Gasteiger partial charge in [0.1, 0.15) is 11.3 Å². The number of rotatable bonds is 6. The summed E-state index contributed by atoms with van der Waals surface area (Å²) in [4.78, 5) is 16.5. The molecule has 0 saturated heterocycles. The number of amides is 1. The van der Waals surface area contributed by atoms with Crippen molar-refractivity contribution >= 4 is 28.2 Å². The van der Waals surface area contributed by atoms with Crippen LogP contribution in [0.3, 0.4) is 0 Å². The second-order valence-electron chi connectivity index (χ2n) is 6.68. The molecule has 6 nitrogen and oxygen atoms in total. The molecule has 2 N–H and O–H groups in total. The molecule has 134 valence electrons. The number of anilines is 2. The van der Waals surface area contributed by atoms with Gasteiger partial charge in [-0.15, -0.1) is 10.2 Å². The van der Waals surface area contributed by atoms with Crippen molar-refractivity contribution in [2.24, 2.45) is 0 Å². The lowest BCUT2D eigenvalue weighted by Crippen LogP contribution is -2.28. The average molecular weight is 367 g/mol. The SMILES string of the molecule is Cc1ccccc1C(C)(C)CNc1ccc(C(=O)Nc2nncs2)cn1. The lowest BCUT2D eigenvalue weighted by Gasteiger charge is -2.27. The first-order valence-electron chi connectivity index (χ1n) is 8.29. The number of pyridine rings is 1. The molecule has 0 atom stereocenters. The van der Waals surface area contributed by atoms with Gasteiger partial charge in [-0.1, -0.05) is 49.4 Å². The summed E-state index contributed by atoms with van der Waals surface area (Å²) in [5.74, 6) is 0.486. The van der Waals surface area contributed by atoms with Gasteiger partial charge in [0.2, 0.25) is 5.13 Å². The van der Waals surface area contributed by atoms with Gasteiger partial charge in [-0.25, -0.2) is 4.98 Å². The molecule has 0 bridgehead atoms. The number of hydrogen-bond acceptors (Lipinski definition) is 6. The van der Waals surface area contributed by atoms with Crippen LogP contribution in [0.1, 0.15) is 35.3 Å². The van der Waals surface area contributed by atoms with Gasteiger partial charge in [0.25, 0.3) is 5.91 Å². The molecular formula is C19H21N5OS. The van der Waals surface area contributed by atoms with E-state index in [4.69, 9.17) is 0 Å². The molecule has 2 heterocycles. The summed E-state index contributed by atoms with van der Waals surface area (Å²) in [6.07, 6.45) is 1.56. The maximum atomic E-state index is 12.1. The van der Waals surface area contributed by atoms with E-state index in [0.717, 1.165) is 12.4 Å². The van der Waals surface area contributed by atoms with E-state index < -0.39 is 0 Å². The fraction of sp³-hybridized carbons (Fsp3) is 0.263. The molecule has 0 spiro atoms. The summed E-state index contributed by atoms with van der Waals surface area (Å²) in [6.45, 7) is 7.26. The fourth-order valence-electron chi connectivity index (χ4n) is 2.77. The summed E-state index contributed by atoms with van der Waals surface area (Å²) in [5.41, 5.74) is 4.58. The van der Waals surface area contributed by atoms with Crippen LogP contribution in [0.5, 0.6) is 0 Å².